The summed E-state index contributed by atoms with van der Waals surface area (Å²) in [6.07, 6.45) is 4.05. The second-order valence-electron chi connectivity index (χ2n) is 7.33. The lowest BCUT2D eigenvalue weighted by Gasteiger charge is -2.36. The summed E-state index contributed by atoms with van der Waals surface area (Å²) in [5, 5.41) is 0.224. The van der Waals surface area contributed by atoms with Gasteiger partial charge in [-0.05, 0) is 45.3 Å². The van der Waals surface area contributed by atoms with E-state index in [0.717, 1.165) is 6.42 Å². The first-order chi connectivity index (χ1) is 8.35. The average Bonchev–Trinajstić information content (AvgIpc) is 2.11. The van der Waals surface area contributed by atoms with Gasteiger partial charge in [0.15, 0.2) is 8.32 Å². The molecule has 0 aromatic carbocycles. The fourth-order valence-corrected chi connectivity index (χ4v) is 2.18. The lowest BCUT2D eigenvalue weighted by Crippen LogP contribution is -2.40. The number of esters is 1. The monoisotopic (exact) mass is 286 g/mol. The van der Waals surface area contributed by atoms with Gasteiger partial charge in [-0.3, -0.25) is 0 Å². The van der Waals surface area contributed by atoms with E-state index in [2.05, 4.69) is 33.9 Å². The van der Waals surface area contributed by atoms with E-state index in [4.69, 9.17) is 9.16 Å². The highest BCUT2D eigenvalue weighted by Crippen LogP contribution is 2.36. The first kappa shape index (κ1) is 18.4. The van der Waals surface area contributed by atoms with Gasteiger partial charge < -0.3 is 9.16 Å². The van der Waals surface area contributed by atoms with Gasteiger partial charge in [0.2, 0.25) is 0 Å². The molecule has 0 radical (unpaired) electrons. The zero-order chi connectivity index (χ0) is 15.3. The van der Waals surface area contributed by atoms with Crippen molar-refractivity contribution < 1.29 is 14.0 Å². The third-order valence-corrected chi connectivity index (χ3v) is 7.75. The largest absolute Gasteiger partial charge is 0.457 e. The van der Waals surface area contributed by atoms with Gasteiger partial charge in [0, 0.05) is 12.7 Å². The Hall–Kier alpha value is -0.613. The summed E-state index contributed by atoms with van der Waals surface area (Å²) >= 11 is 0. The van der Waals surface area contributed by atoms with E-state index in [9.17, 15) is 4.79 Å². The lowest BCUT2D eigenvalue weighted by atomic mass is 10.2. The van der Waals surface area contributed by atoms with Crippen molar-refractivity contribution in [2.45, 2.75) is 71.7 Å². The zero-order valence-corrected chi connectivity index (χ0v) is 14.8. The van der Waals surface area contributed by atoms with Gasteiger partial charge >= 0.3 is 5.97 Å². The summed E-state index contributed by atoms with van der Waals surface area (Å²) in [6.45, 7) is 17.4. The molecule has 0 saturated carbocycles. The van der Waals surface area contributed by atoms with Gasteiger partial charge in [0.1, 0.15) is 5.60 Å². The molecule has 0 amide bonds. The molecular formula is C15H30O3Si. The van der Waals surface area contributed by atoms with Crippen LogP contribution in [-0.4, -0.2) is 26.5 Å². The Morgan fingerprint density at radius 2 is 1.63 bits per heavy atom. The van der Waals surface area contributed by atoms with Gasteiger partial charge in [-0.15, -0.1) is 0 Å². The molecule has 0 aliphatic carbocycles. The van der Waals surface area contributed by atoms with Crippen LogP contribution in [-0.2, 0) is 14.0 Å². The van der Waals surface area contributed by atoms with Crippen molar-refractivity contribution in [1.82, 2.24) is 0 Å². The summed E-state index contributed by atoms with van der Waals surface area (Å²) in [4.78, 5) is 11.4. The maximum atomic E-state index is 11.4. The van der Waals surface area contributed by atoms with Crippen molar-refractivity contribution in [2.24, 2.45) is 0 Å². The summed E-state index contributed by atoms with van der Waals surface area (Å²) in [5.41, 5.74) is -0.431. The number of rotatable bonds is 5. The lowest BCUT2D eigenvalue weighted by molar-refractivity contribution is -0.148. The molecule has 4 heteroatoms. The second-order valence-corrected chi connectivity index (χ2v) is 12.1. The molecule has 0 fully saturated rings. The molecule has 19 heavy (non-hydrogen) atoms. The molecule has 112 valence electrons. The van der Waals surface area contributed by atoms with Gasteiger partial charge in [0.05, 0.1) is 0 Å². The van der Waals surface area contributed by atoms with Crippen LogP contribution in [0.4, 0.5) is 0 Å². The van der Waals surface area contributed by atoms with Crippen LogP contribution in [0.25, 0.3) is 0 Å². The Balaban J connectivity index is 4.03. The van der Waals surface area contributed by atoms with Crippen LogP contribution >= 0.6 is 0 Å². The van der Waals surface area contributed by atoms with Gasteiger partial charge in [-0.25, -0.2) is 4.79 Å². The minimum Gasteiger partial charge on any atom is -0.457 e. The predicted molar refractivity (Wildman–Crippen MR) is 82.8 cm³/mol. The van der Waals surface area contributed by atoms with E-state index in [-0.39, 0.29) is 11.0 Å². The van der Waals surface area contributed by atoms with Crippen molar-refractivity contribution in [3.63, 3.8) is 0 Å². The van der Waals surface area contributed by atoms with Crippen molar-refractivity contribution in [1.29, 1.82) is 0 Å². The van der Waals surface area contributed by atoms with Crippen molar-refractivity contribution >= 4 is 14.3 Å². The quantitative estimate of drug-likeness (QED) is 0.327. The number of hydrogen-bond donors (Lipinski definition) is 0. The molecule has 0 spiro atoms. The van der Waals surface area contributed by atoms with E-state index in [1.807, 2.05) is 26.8 Å². The van der Waals surface area contributed by atoms with Crippen molar-refractivity contribution in [3.05, 3.63) is 12.2 Å². The van der Waals surface area contributed by atoms with E-state index >= 15 is 0 Å². The van der Waals surface area contributed by atoms with Crippen molar-refractivity contribution in [2.75, 3.05) is 6.61 Å². The molecule has 0 saturated heterocycles. The third kappa shape index (κ3) is 8.21. The Kier molecular flexibility index (Phi) is 6.49. The summed E-state index contributed by atoms with van der Waals surface area (Å²) in [6, 6.07) is 0. The summed E-state index contributed by atoms with van der Waals surface area (Å²) in [7, 11) is -1.67. The molecule has 0 rings (SSSR count). The molecule has 0 heterocycles. The van der Waals surface area contributed by atoms with Crippen molar-refractivity contribution in [3.8, 4) is 0 Å². The maximum absolute atomic E-state index is 11.4. The molecule has 0 aliphatic rings. The molecular weight excluding hydrogens is 256 g/mol. The van der Waals surface area contributed by atoms with E-state index in [0.29, 0.717) is 6.61 Å². The average molecular weight is 286 g/mol. The normalized spacial score (nSPS) is 13.9. The summed E-state index contributed by atoms with van der Waals surface area (Å²) in [5.74, 6) is -0.292. The zero-order valence-electron chi connectivity index (χ0n) is 13.8. The van der Waals surface area contributed by atoms with Crippen LogP contribution < -0.4 is 0 Å². The molecule has 0 unspecified atom stereocenters. The standard InChI is InChI=1S/C15H30O3Si/c1-14(2,3)18-13(16)11-9-10-12-17-19(7,8)15(4,5)6/h9,11H,10,12H2,1-8H3/b11-9+. The Morgan fingerprint density at radius 3 is 2.05 bits per heavy atom. The SMILES string of the molecule is CC(C)(C)OC(=O)/C=C/CCO[Si](C)(C)C(C)(C)C. The molecule has 3 nitrogen and oxygen atoms in total. The number of hydrogen-bond acceptors (Lipinski definition) is 3. The van der Waals surface area contributed by atoms with Crippen LogP contribution in [0.1, 0.15) is 48.0 Å². The molecule has 0 aromatic heterocycles. The highest BCUT2D eigenvalue weighted by atomic mass is 28.4. The molecule has 0 N–H and O–H groups in total. The van der Waals surface area contributed by atoms with Crippen LogP contribution in [0.3, 0.4) is 0 Å². The fraction of sp³-hybridized carbons (Fsp3) is 0.800. The van der Waals surface area contributed by atoms with Gasteiger partial charge in [0.25, 0.3) is 0 Å². The maximum Gasteiger partial charge on any atom is 0.330 e. The molecule has 0 aromatic rings. The number of ether oxygens (including phenoxy) is 1. The first-order valence-electron chi connectivity index (χ1n) is 6.89. The van der Waals surface area contributed by atoms with E-state index in [1.165, 1.54) is 6.08 Å². The molecule has 0 atom stereocenters. The van der Waals surface area contributed by atoms with Crippen LogP contribution in [0.2, 0.25) is 18.1 Å². The Bertz CT molecular complexity index is 319. The fourth-order valence-electron chi connectivity index (χ4n) is 1.11. The molecule has 0 bridgehead atoms. The third-order valence-electron chi connectivity index (χ3n) is 3.21. The van der Waals surface area contributed by atoms with Crippen LogP contribution in [0, 0.1) is 0 Å². The summed E-state index contributed by atoms with van der Waals surface area (Å²) < 4.78 is 11.2. The number of carbonyl (C=O) groups is 1. The van der Waals surface area contributed by atoms with E-state index < -0.39 is 13.9 Å². The second kappa shape index (κ2) is 6.71. The van der Waals surface area contributed by atoms with Gasteiger partial charge in [-0.2, -0.15) is 0 Å². The predicted octanol–water partition coefficient (Wildman–Crippen LogP) is 4.30. The Morgan fingerprint density at radius 1 is 1.11 bits per heavy atom. The smallest absolute Gasteiger partial charge is 0.330 e. The highest BCUT2D eigenvalue weighted by molar-refractivity contribution is 6.74. The molecule has 0 aliphatic heterocycles. The van der Waals surface area contributed by atoms with Gasteiger partial charge in [-0.1, -0.05) is 26.8 Å². The van der Waals surface area contributed by atoms with E-state index in [1.54, 1.807) is 0 Å². The highest BCUT2D eigenvalue weighted by Gasteiger charge is 2.36. The Labute approximate surface area is 119 Å². The number of carbonyl (C=O) groups excluding carboxylic acids is 1. The van der Waals surface area contributed by atoms with Crippen LogP contribution in [0.15, 0.2) is 12.2 Å². The van der Waals surface area contributed by atoms with Crippen LogP contribution in [0.5, 0.6) is 0 Å². The minimum absolute atomic E-state index is 0.224. The topological polar surface area (TPSA) is 35.5 Å². The first-order valence-corrected chi connectivity index (χ1v) is 9.79. The minimum atomic E-state index is -1.67.